The fourth-order valence-corrected chi connectivity index (χ4v) is 1.65. The van der Waals surface area contributed by atoms with Crippen molar-refractivity contribution in [3.63, 3.8) is 0 Å². The number of carbonyl (C=O) groups excluding carboxylic acids is 1. The molecule has 1 N–H and O–H groups in total. The molecule has 1 aromatic rings. The minimum atomic E-state index is -0.197. The number of benzene rings is 1. The van der Waals surface area contributed by atoms with Crippen LogP contribution in [-0.4, -0.2) is 19.6 Å². The highest BCUT2D eigenvalue weighted by Crippen LogP contribution is 2.17. The Kier molecular flexibility index (Phi) is 5.70. The van der Waals surface area contributed by atoms with Crippen molar-refractivity contribution < 1.29 is 9.53 Å². The van der Waals surface area contributed by atoms with Crippen LogP contribution in [0.2, 0.25) is 0 Å². The summed E-state index contributed by atoms with van der Waals surface area (Å²) in [5, 5.41) is 3.34. The summed E-state index contributed by atoms with van der Waals surface area (Å²) in [6.45, 7) is 5.91. The fourth-order valence-electron chi connectivity index (χ4n) is 1.65. The number of esters is 1. The van der Waals surface area contributed by atoms with Crippen molar-refractivity contribution in [1.82, 2.24) is 5.32 Å². The van der Waals surface area contributed by atoms with Gasteiger partial charge in [-0.25, -0.2) is 0 Å². The van der Waals surface area contributed by atoms with Crippen molar-refractivity contribution >= 4 is 5.97 Å². The molecule has 3 heteroatoms. The summed E-state index contributed by atoms with van der Waals surface area (Å²) in [6, 6.07) is 8.09. The van der Waals surface area contributed by atoms with Crippen LogP contribution in [0.15, 0.2) is 24.3 Å². The van der Waals surface area contributed by atoms with Crippen molar-refractivity contribution in [3.8, 4) is 0 Å². The second-order valence-corrected chi connectivity index (χ2v) is 4.16. The third kappa shape index (κ3) is 4.19. The minimum absolute atomic E-state index is 0.193. The standard InChI is InChI=1S/C14H21NO2/c1-4-9-15-10-12-5-7-13(8-6-12)11(2)14(16)17-3/h5-8,11,15H,4,9-10H2,1-3H3. The average molecular weight is 235 g/mol. The molecule has 0 heterocycles. The van der Waals surface area contributed by atoms with Gasteiger partial charge in [0.25, 0.3) is 0 Å². The summed E-state index contributed by atoms with van der Waals surface area (Å²) in [5.41, 5.74) is 2.23. The minimum Gasteiger partial charge on any atom is -0.469 e. The number of hydrogen-bond acceptors (Lipinski definition) is 3. The maximum atomic E-state index is 11.4. The first kappa shape index (κ1) is 13.7. The monoisotopic (exact) mass is 235 g/mol. The lowest BCUT2D eigenvalue weighted by atomic mass is 10.00. The summed E-state index contributed by atoms with van der Waals surface area (Å²) in [7, 11) is 1.42. The summed E-state index contributed by atoms with van der Waals surface area (Å²) in [6.07, 6.45) is 1.14. The third-order valence-corrected chi connectivity index (χ3v) is 2.79. The zero-order valence-electron chi connectivity index (χ0n) is 10.8. The van der Waals surface area contributed by atoms with E-state index < -0.39 is 0 Å². The van der Waals surface area contributed by atoms with Crippen molar-refractivity contribution in [3.05, 3.63) is 35.4 Å². The number of rotatable bonds is 6. The van der Waals surface area contributed by atoms with Gasteiger partial charge in [-0.05, 0) is 31.0 Å². The van der Waals surface area contributed by atoms with E-state index in [9.17, 15) is 4.79 Å². The van der Waals surface area contributed by atoms with Crippen LogP contribution in [0.5, 0.6) is 0 Å². The molecule has 0 fully saturated rings. The topological polar surface area (TPSA) is 38.3 Å². The zero-order chi connectivity index (χ0) is 12.7. The average Bonchev–Trinajstić information content (AvgIpc) is 2.38. The van der Waals surface area contributed by atoms with Gasteiger partial charge in [0.15, 0.2) is 0 Å². The Labute approximate surface area is 103 Å². The first-order valence-corrected chi connectivity index (χ1v) is 6.06. The molecule has 0 amide bonds. The van der Waals surface area contributed by atoms with E-state index in [1.807, 2.05) is 19.1 Å². The Hall–Kier alpha value is -1.35. The molecule has 0 aromatic heterocycles. The van der Waals surface area contributed by atoms with Gasteiger partial charge in [0, 0.05) is 6.54 Å². The van der Waals surface area contributed by atoms with Crippen LogP contribution in [0.3, 0.4) is 0 Å². The number of carbonyl (C=O) groups is 1. The summed E-state index contributed by atoms with van der Waals surface area (Å²) in [5.74, 6) is -0.389. The molecule has 0 saturated carbocycles. The van der Waals surface area contributed by atoms with Crippen LogP contribution in [-0.2, 0) is 16.1 Å². The zero-order valence-corrected chi connectivity index (χ0v) is 10.8. The van der Waals surface area contributed by atoms with Crippen LogP contribution < -0.4 is 5.32 Å². The third-order valence-electron chi connectivity index (χ3n) is 2.79. The number of hydrogen-bond donors (Lipinski definition) is 1. The van der Waals surface area contributed by atoms with Crippen LogP contribution in [0.4, 0.5) is 0 Å². The van der Waals surface area contributed by atoms with Gasteiger partial charge in [0.1, 0.15) is 0 Å². The smallest absolute Gasteiger partial charge is 0.312 e. The van der Waals surface area contributed by atoms with Crippen LogP contribution in [0.1, 0.15) is 37.3 Å². The van der Waals surface area contributed by atoms with E-state index in [2.05, 4.69) is 24.4 Å². The first-order valence-electron chi connectivity index (χ1n) is 6.06. The van der Waals surface area contributed by atoms with Gasteiger partial charge < -0.3 is 10.1 Å². The maximum Gasteiger partial charge on any atom is 0.312 e. The molecule has 0 aliphatic carbocycles. The Bertz CT molecular complexity index is 346. The van der Waals surface area contributed by atoms with Gasteiger partial charge in [-0.2, -0.15) is 0 Å². The van der Waals surface area contributed by atoms with Crippen molar-refractivity contribution in [2.45, 2.75) is 32.7 Å². The molecule has 1 aromatic carbocycles. The highest BCUT2D eigenvalue weighted by molar-refractivity contribution is 5.77. The lowest BCUT2D eigenvalue weighted by Gasteiger charge is -2.10. The molecular weight excluding hydrogens is 214 g/mol. The summed E-state index contributed by atoms with van der Waals surface area (Å²) < 4.78 is 4.72. The molecule has 0 aliphatic heterocycles. The molecule has 94 valence electrons. The van der Waals surface area contributed by atoms with Crippen molar-refractivity contribution in [2.75, 3.05) is 13.7 Å². The van der Waals surface area contributed by atoms with Gasteiger partial charge in [-0.3, -0.25) is 4.79 Å². The van der Waals surface area contributed by atoms with E-state index in [0.717, 1.165) is 25.1 Å². The van der Waals surface area contributed by atoms with E-state index >= 15 is 0 Å². The molecule has 1 rings (SSSR count). The molecule has 0 bridgehead atoms. The Morgan fingerprint density at radius 2 is 2.00 bits per heavy atom. The largest absolute Gasteiger partial charge is 0.469 e. The van der Waals surface area contributed by atoms with E-state index in [1.165, 1.54) is 12.7 Å². The molecular formula is C14H21NO2. The molecule has 0 spiro atoms. The molecule has 3 nitrogen and oxygen atoms in total. The van der Waals surface area contributed by atoms with Crippen molar-refractivity contribution in [2.24, 2.45) is 0 Å². The molecule has 17 heavy (non-hydrogen) atoms. The lowest BCUT2D eigenvalue weighted by molar-refractivity contribution is -0.141. The highest BCUT2D eigenvalue weighted by Gasteiger charge is 2.14. The van der Waals surface area contributed by atoms with E-state index in [0.29, 0.717) is 0 Å². The van der Waals surface area contributed by atoms with Crippen LogP contribution in [0, 0.1) is 0 Å². The van der Waals surface area contributed by atoms with Crippen molar-refractivity contribution in [1.29, 1.82) is 0 Å². The molecule has 0 saturated heterocycles. The lowest BCUT2D eigenvalue weighted by Crippen LogP contribution is -2.14. The van der Waals surface area contributed by atoms with Gasteiger partial charge in [0.05, 0.1) is 13.0 Å². The number of ether oxygens (including phenoxy) is 1. The second-order valence-electron chi connectivity index (χ2n) is 4.16. The van der Waals surface area contributed by atoms with Gasteiger partial charge >= 0.3 is 5.97 Å². The normalized spacial score (nSPS) is 12.2. The SMILES string of the molecule is CCCNCc1ccc(C(C)C(=O)OC)cc1. The van der Waals surface area contributed by atoms with E-state index in [-0.39, 0.29) is 11.9 Å². The predicted molar refractivity (Wildman–Crippen MR) is 68.9 cm³/mol. The Morgan fingerprint density at radius 1 is 1.35 bits per heavy atom. The number of methoxy groups -OCH3 is 1. The molecule has 1 unspecified atom stereocenters. The van der Waals surface area contributed by atoms with E-state index in [4.69, 9.17) is 4.74 Å². The number of nitrogens with one attached hydrogen (secondary N) is 1. The summed E-state index contributed by atoms with van der Waals surface area (Å²) >= 11 is 0. The fraction of sp³-hybridized carbons (Fsp3) is 0.500. The van der Waals surface area contributed by atoms with Crippen LogP contribution >= 0.6 is 0 Å². The highest BCUT2D eigenvalue weighted by atomic mass is 16.5. The molecule has 0 aliphatic rings. The van der Waals surface area contributed by atoms with Gasteiger partial charge in [-0.1, -0.05) is 31.2 Å². The summed E-state index contributed by atoms with van der Waals surface area (Å²) in [4.78, 5) is 11.4. The predicted octanol–water partition coefficient (Wildman–Crippen LogP) is 2.46. The first-order chi connectivity index (χ1) is 8.19. The van der Waals surface area contributed by atoms with Gasteiger partial charge in [-0.15, -0.1) is 0 Å². The molecule has 1 atom stereocenters. The van der Waals surface area contributed by atoms with E-state index in [1.54, 1.807) is 0 Å². The Morgan fingerprint density at radius 3 is 2.53 bits per heavy atom. The quantitative estimate of drug-likeness (QED) is 0.608. The molecule has 0 radical (unpaired) electrons. The Balaban J connectivity index is 2.58. The van der Waals surface area contributed by atoms with Gasteiger partial charge in [0.2, 0.25) is 0 Å². The van der Waals surface area contributed by atoms with Crippen LogP contribution in [0.25, 0.3) is 0 Å². The second kappa shape index (κ2) is 7.07. The maximum absolute atomic E-state index is 11.4.